The van der Waals surface area contributed by atoms with E-state index >= 15 is 0 Å². The van der Waals surface area contributed by atoms with Gasteiger partial charge in [0.05, 0.1) is 31.0 Å². The highest BCUT2D eigenvalue weighted by Gasteiger charge is 2.41. The minimum Gasteiger partial charge on any atom is -0.492 e. The molecule has 0 spiro atoms. The summed E-state index contributed by atoms with van der Waals surface area (Å²) in [4.78, 5) is 44.9. The van der Waals surface area contributed by atoms with Crippen molar-refractivity contribution in [3.05, 3.63) is 59.7 Å². The van der Waals surface area contributed by atoms with Gasteiger partial charge in [0.15, 0.2) is 11.4 Å². The van der Waals surface area contributed by atoms with Crippen LogP contribution in [0.15, 0.2) is 42.7 Å². The second-order valence-corrected chi connectivity index (χ2v) is 11.4. The zero-order valence-electron chi connectivity index (χ0n) is 26.6. The maximum atomic E-state index is 14.8. The molecule has 15 heteroatoms. The Morgan fingerprint density at radius 3 is 2.49 bits per heavy atom. The van der Waals surface area contributed by atoms with Gasteiger partial charge in [-0.3, -0.25) is 14.6 Å². The molecule has 252 valence electrons. The Kier molecular flexibility index (Phi) is 10.1. The molecule has 1 N–H and O–H groups in total. The molecular formula is C32H37F4N7O4. The van der Waals surface area contributed by atoms with E-state index in [-0.39, 0.29) is 37.8 Å². The molecule has 0 saturated carbocycles. The highest BCUT2D eigenvalue weighted by atomic mass is 19.4. The molecule has 5 heterocycles. The third kappa shape index (κ3) is 7.24. The van der Waals surface area contributed by atoms with Gasteiger partial charge in [0, 0.05) is 68.9 Å². The number of nitrogens with one attached hydrogen (secondary N) is 1. The molecule has 0 radical (unpaired) electrons. The molecule has 0 bridgehead atoms. The summed E-state index contributed by atoms with van der Waals surface area (Å²) < 4.78 is 67.3. The lowest BCUT2D eigenvalue weighted by Gasteiger charge is -2.43. The van der Waals surface area contributed by atoms with E-state index in [4.69, 9.17) is 14.5 Å². The summed E-state index contributed by atoms with van der Waals surface area (Å²) in [5.41, 5.74) is -0.478. The first-order valence-electron chi connectivity index (χ1n) is 15.3. The molecule has 0 unspecified atom stereocenters. The van der Waals surface area contributed by atoms with E-state index in [0.29, 0.717) is 42.3 Å². The lowest BCUT2D eigenvalue weighted by atomic mass is 10.0. The van der Waals surface area contributed by atoms with Crippen molar-refractivity contribution in [1.82, 2.24) is 30.1 Å². The molecule has 2 aliphatic heterocycles. The third-order valence-electron chi connectivity index (χ3n) is 8.29. The van der Waals surface area contributed by atoms with Gasteiger partial charge in [0.25, 0.3) is 11.8 Å². The first-order valence-corrected chi connectivity index (χ1v) is 15.3. The molecule has 47 heavy (non-hydrogen) atoms. The molecule has 3 aromatic rings. The highest BCUT2D eigenvalue weighted by Crippen LogP contribution is 2.37. The SMILES string of the molecule is CCOc1cc(N2CCN(C(=O)c3ccc(OC)nc3C(F)(F)F)C[C@H]2CC)c(C(=O)N[C@@H]2CN(C)C[C@H]2F)nc1-c1cccnc1. The molecule has 2 saturated heterocycles. The molecule has 2 aliphatic rings. The van der Waals surface area contributed by atoms with Crippen LogP contribution in [0.3, 0.4) is 0 Å². The number of rotatable bonds is 9. The minimum atomic E-state index is -4.88. The van der Waals surface area contributed by atoms with E-state index in [0.717, 1.165) is 6.07 Å². The molecule has 11 nitrogen and oxygen atoms in total. The predicted molar refractivity (Wildman–Crippen MR) is 165 cm³/mol. The van der Waals surface area contributed by atoms with Gasteiger partial charge in [0.2, 0.25) is 5.88 Å². The number of hydrogen-bond donors (Lipinski definition) is 1. The van der Waals surface area contributed by atoms with Crippen molar-refractivity contribution in [3.63, 3.8) is 0 Å². The largest absolute Gasteiger partial charge is 0.492 e. The monoisotopic (exact) mass is 659 g/mol. The number of halogens is 4. The van der Waals surface area contributed by atoms with Gasteiger partial charge in [-0.15, -0.1) is 0 Å². The number of pyridine rings is 3. The maximum absolute atomic E-state index is 14.8. The van der Waals surface area contributed by atoms with Gasteiger partial charge < -0.3 is 29.5 Å². The van der Waals surface area contributed by atoms with E-state index in [9.17, 15) is 27.2 Å². The molecule has 0 aromatic carbocycles. The van der Waals surface area contributed by atoms with Gasteiger partial charge in [-0.2, -0.15) is 13.2 Å². The van der Waals surface area contributed by atoms with Crippen LogP contribution in [0, 0.1) is 0 Å². The zero-order chi connectivity index (χ0) is 33.9. The Morgan fingerprint density at radius 2 is 1.87 bits per heavy atom. The summed E-state index contributed by atoms with van der Waals surface area (Å²) in [6.07, 6.45) is -2.46. The first kappa shape index (κ1) is 33.8. The fourth-order valence-electron chi connectivity index (χ4n) is 5.99. The van der Waals surface area contributed by atoms with E-state index in [2.05, 4.69) is 15.3 Å². The summed E-state index contributed by atoms with van der Waals surface area (Å²) >= 11 is 0. The van der Waals surface area contributed by atoms with E-state index in [1.54, 1.807) is 42.5 Å². The van der Waals surface area contributed by atoms with Crippen LogP contribution in [0.25, 0.3) is 11.3 Å². The number of amides is 2. The first-order chi connectivity index (χ1) is 22.4. The predicted octanol–water partition coefficient (Wildman–Crippen LogP) is 4.09. The van der Waals surface area contributed by atoms with Crippen LogP contribution >= 0.6 is 0 Å². The van der Waals surface area contributed by atoms with Crippen molar-refractivity contribution in [1.29, 1.82) is 0 Å². The minimum absolute atomic E-state index is 0.0333. The van der Waals surface area contributed by atoms with Crippen LogP contribution < -0.4 is 19.7 Å². The summed E-state index contributed by atoms with van der Waals surface area (Å²) in [5, 5.41) is 2.81. The summed E-state index contributed by atoms with van der Waals surface area (Å²) in [7, 11) is 2.97. The number of nitrogens with zero attached hydrogens (tertiary/aromatic N) is 6. The second-order valence-electron chi connectivity index (χ2n) is 11.4. The van der Waals surface area contributed by atoms with Crippen LogP contribution in [-0.2, 0) is 6.18 Å². The molecule has 2 fully saturated rings. The number of likely N-dealkylation sites (tertiary alicyclic amines) is 1. The summed E-state index contributed by atoms with van der Waals surface area (Å²) in [5.74, 6) is -1.26. The lowest BCUT2D eigenvalue weighted by Crippen LogP contribution is -2.55. The Bertz CT molecular complexity index is 1590. The Balaban J connectivity index is 1.51. The normalized spacial score (nSPS) is 20.3. The average molecular weight is 660 g/mol. The van der Waals surface area contributed by atoms with E-state index in [1.165, 1.54) is 18.1 Å². The molecule has 5 rings (SSSR count). The van der Waals surface area contributed by atoms with Crippen molar-refractivity contribution >= 4 is 17.5 Å². The number of ether oxygens (including phenoxy) is 2. The second kappa shape index (κ2) is 14.1. The number of methoxy groups -OCH3 is 1. The van der Waals surface area contributed by atoms with Crippen LogP contribution in [0.1, 0.15) is 46.8 Å². The summed E-state index contributed by atoms with van der Waals surface area (Å²) in [6.45, 7) is 4.79. The van der Waals surface area contributed by atoms with Crippen molar-refractivity contribution in [3.8, 4) is 22.9 Å². The number of anilines is 1. The Hall–Kier alpha value is -4.53. The molecule has 3 aromatic heterocycles. The Labute approximate surface area is 269 Å². The van der Waals surface area contributed by atoms with E-state index < -0.39 is 47.5 Å². The molecule has 0 aliphatic carbocycles. The topological polar surface area (TPSA) is 113 Å². The van der Waals surface area contributed by atoms with Crippen LogP contribution in [-0.4, -0.2) is 108 Å². The number of carbonyl (C=O) groups excluding carboxylic acids is 2. The van der Waals surface area contributed by atoms with Gasteiger partial charge in [0.1, 0.15) is 17.6 Å². The van der Waals surface area contributed by atoms with Crippen LogP contribution in [0.2, 0.25) is 0 Å². The number of carbonyl (C=O) groups is 2. The maximum Gasteiger partial charge on any atom is 0.434 e. The summed E-state index contributed by atoms with van der Waals surface area (Å²) in [6, 6.07) is 6.35. The smallest absolute Gasteiger partial charge is 0.434 e. The number of alkyl halides is 4. The molecular weight excluding hydrogens is 622 g/mol. The van der Waals surface area contributed by atoms with Gasteiger partial charge in [-0.05, 0) is 38.6 Å². The van der Waals surface area contributed by atoms with Crippen LogP contribution in [0.4, 0.5) is 23.2 Å². The Morgan fingerprint density at radius 1 is 1.09 bits per heavy atom. The van der Waals surface area contributed by atoms with Crippen molar-refractivity contribution < 1.29 is 36.6 Å². The molecule has 2 amide bonds. The van der Waals surface area contributed by atoms with Gasteiger partial charge in [-0.1, -0.05) is 6.92 Å². The van der Waals surface area contributed by atoms with Gasteiger partial charge >= 0.3 is 6.18 Å². The molecule has 3 atom stereocenters. The average Bonchev–Trinajstić information content (AvgIpc) is 3.39. The van der Waals surface area contributed by atoms with Crippen molar-refractivity contribution in [2.45, 2.75) is 44.7 Å². The van der Waals surface area contributed by atoms with Crippen molar-refractivity contribution in [2.24, 2.45) is 0 Å². The number of piperazine rings is 1. The fraction of sp³-hybridized carbons (Fsp3) is 0.469. The third-order valence-corrected chi connectivity index (χ3v) is 8.29. The fourth-order valence-corrected chi connectivity index (χ4v) is 5.99. The quantitative estimate of drug-likeness (QED) is 0.340. The van der Waals surface area contributed by atoms with Crippen LogP contribution in [0.5, 0.6) is 11.6 Å². The number of aromatic nitrogens is 3. The van der Waals surface area contributed by atoms with Gasteiger partial charge in [-0.25, -0.2) is 14.4 Å². The lowest BCUT2D eigenvalue weighted by molar-refractivity contribution is -0.141. The highest BCUT2D eigenvalue weighted by molar-refractivity contribution is 6.00. The van der Waals surface area contributed by atoms with E-state index in [1.807, 2.05) is 18.7 Å². The van der Waals surface area contributed by atoms with Crippen molar-refractivity contribution in [2.75, 3.05) is 58.4 Å². The standard InChI is InChI=1S/C32H37F4N7O4/c1-5-20-16-42(31(45)21-9-10-26(46-4)39-29(21)32(34,35)36)12-13-43(20)24-14-25(47-6-2)27(19-8-7-11-37-15-19)40-28(24)30(44)38-23-18-41(3)17-22(23)33/h7-11,14-15,20,22-23H,5-6,12-13,16-18H2,1-4H3,(H,38,44)/t20-,22-,23-/m1/s1. The zero-order valence-corrected chi connectivity index (χ0v) is 26.6. The number of likely N-dealkylation sites (N-methyl/N-ethyl adjacent to an activating group) is 1. The number of hydrogen-bond acceptors (Lipinski definition) is 9.